The molecule has 0 radical (unpaired) electrons. The highest BCUT2D eigenvalue weighted by Gasteiger charge is 2.22. The molecule has 1 fully saturated rings. The van der Waals surface area contributed by atoms with Gasteiger partial charge in [0.15, 0.2) is 0 Å². The molecular formula is C21H27N3O3. The SMILES string of the molecule is CCOC(=O)c1ccc(NCC(c2ccc(C)cc2)N2CCOCC2)nc1. The molecule has 1 aromatic heterocycles. The molecule has 6 nitrogen and oxygen atoms in total. The van der Waals surface area contributed by atoms with Crippen molar-refractivity contribution in [1.82, 2.24) is 9.88 Å². The van der Waals surface area contributed by atoms with Crippen LogP contribution in [-0.4, -0.2) is 55.3 Å². The van der Waals surface area contributed by atoms with Gasteiger partial charge >= 0.3 is 5.97 Å². The van der Waals surface area contributed by atoms with Gasteiger partial charge in [0.25, 0.3) is 0 Å². The van der Waals surface area contributed by atoms with Crippen LogP contribution in [0.4, 0.5) is 5.82 Å². The number of aromatic nitrogens is 1. The van der Waals surface area contributed by atoms with Crippen LogP contribution in [0.1, 0.15) is 34.5 Å². The van der Waals surface area contributed by atoms with Crippen molar-refractivity contribution in [3.63, 3.8) is 0 Å². The average molecular weight is 369 g/mol. The van der Waals surface area contributed by atoms with Gasteiger partial charge in [0.05, 0.1) is 31.4 Å². The van der Waals surface area contributed by atoms with E-state index in [1.807, 2.05) is 6.07 Å². The standard InChI is InChI=1S/C21H27N3O3/c1-3-27-21(25)18-8-9-20(22-14-18)23-15-19(24-10-12-26-13-11-24)17-6-4-16(2)5-7-17/h4-9,14,19H,3,10-13,15H2,1-2H3,(H,22,23). The number of carbonyl (C=O) groups excluding carboxylic acids is 1. The molecule has 1 saturated heterocycles. The lowest BCUT2D eigenvalue weighted by Crippen LogP contribution is -2.41. The Morgan fingerprint density at radius 2 is 1.96 bits per heavy atom. The van der Waals surface area contributed by atoms with Crippen molar-refractivity contribution in [3.05, 3.63) is 59.3 Å². The summed E-state index contributed by atoms with van der Waals surface area (Å²) in [5, 5.41) is 3.41. The Kier molecular flexibility index (Phi) is 6.79. The Morgan fingerprint density at radius 1 is 1.22 bits per heavy atom. The van der Waals surface area contributed by atoms with Crippen molar-refractivity contribution >= 4 is 11.8 Å². The van der Waals surface area contributed by atoms with Crippen molar-refractivity contribution in [1.29, 1.82) is 0 Å². The van der Waals surface area contributed by atoms with Crippen LogP contribution in [0.3, 0.4) is 0 Å². The van der Waals surface area contributed by atoms with Crippen LogP contribution in [0, 0.1) is 6.92 Å². The first kappa shape index (κ1) is 19.3. The number of hydrogen-bond acceptors (Lipinski definition) is 6. The van der Waals surface area contributed by atoms with Crippen molar-refractivity contribution in [3.8, 4) is 0 Å². The van der Waals surface area contributed by atoms with Crippen LogP contribution < -0.4 is 5.32 Å². The first-order chi connectivity index (χ1) is 13.2. The number of ether oxygens (including phenoxy) is 2. The number of pyridine rings is 1. The maximum atomic E-state index is 11.7. The minimum Gasteiger partial charge on any atom is -0.462 e. The number of aryl methyl sites for hydroxylation is 1. The van der Waals surface area contributed by atoms with E-state index in [-0.39, 0.29) is 12.0 Å². The molecule has 0 amide bonds. The third-order valence-electron chi connectivity index (χ3n) is 4.70. The van der Waals surface area contributed by atoms with Crippen LogP contribution in [0.2, 0.25) is 0 Å². The van der Waals surface area contributed by atoms with Gasteiger partial charge in [0.2, 0.25) is 0 Å². The maximum absolute atomic E-state index is 11.7. The van der Waals surface area contributed by atoms with E-state index in [4.69, 9.17) is 9.47 Å². The third-order valence-corrected chi connectivity index (χ3v) is 4.70. The van der Waals surface area contributed by atoms with E-state index in [0.29, 0.717) is 12.2 Å². The van der Waals surface area contributed by atoms with Gasteiger partial charge in [-0.05, 0) is 31.5 Å². The second kappa shape index (κ2) is 9.48. The van der Waals surface area contributed by atoms with Gasteiger partial charge in [0.1, 0.15) is 5.82 Å². The molecule has 6 heteroatoms. The Hall–Kier alpha value is -2.44. The van der Waals surface area contributed by atoms with Crippen LogP contribution >= 0.6 is 0 Å². The van der Waals surface area contributed by atoms with Gasteiger partial charge < -0.3 is 14.8 Å². The van der Waals surface area contributed by atoms with Crippen molar-refractivity contribution in [2.75, 3.05) is 44.8 Å². The monoisotopic (exact) mass is 369 g/mol. The van der Waals surface area contributed by atoms with Crippen molar-refractivity contribution < 1.29 is 14.3 Å². The normalized spacial score (nSPS) is 15.9. The molecule has 2 heterocycles. The minimum absolute atomic E-state index is 0.237. The summed E-state index contributed by atoms with van der Waals surface area (Å²) in [4.78, 5) is 18.5. The molecule has 3 rings (SSSR count). The third kappa shape index (κ3) is 5.28. The molecule has 1 unspecified atom stereocenters. The van der Waals surface area contributed by atoms with E-state index in [1.165, 1.54) is 11.1 Å². The molecule has 1 aromatic carbocycles. The van der Waals surface area contributed by atoms with Crippen LogP contribution in [0.15, 0.2) is 42.6 Å². The summed E-state index contributed by atoms with van der Waals surface area (Å²) in [6.45, 7) is 8.32. The molecule has 144 valence electrons. The van der Waals surface area contributed by atoms with Gasteiger partial charge in [-0.1, -0.05) is 29.8 Å². The Morgan fingerprint density at radius 3 is 2.59 bits per heavy atom. The fourth-order valence-corrected chi connectivity index (χ4v) is 3.17. The molecule has 1 aliphatic rings. The number of rotatable bonds is 7. The highest BCUT2D eigenvalue weighted by atomic mass is 16.5. The molecule has 1 aliphatic heterocycles. The predicted octanol–water partition coefficient (Wildman–Crippen LogP) is 3.05. The minimum atomic E-state index is -0.345. The van der Waals surface area contributed by atoms with Crippen molar-refractivity contribution in [2.24, 2.45) is 0 Å². The smallest absolute Gasteiger partial charge is 0.339 e. The van der Waals surface area contributed by atoms with Crippen LogP contribution in [0.25, 0.3) is 0 Å². The summed E-state index contributed by atoms with van der Waals surface area (Å²) in [6.07, 6.45) is 1.55. The number of benzene rings is 1. The molecule has 0 spiro atoms. The van der Waals surface area contributed by atoms with Gasteiger partial charge in [-0.25, -0.2) is 9.78 Å². The predicted molar refractivity (Wildman–Crippen MR) is 105 cm³/mol. The molecule has 0 bridgehead atoms. The summed E-state index contributed by atoms with van der Waals surface area (Å²) in [7, 11) is 0. The highest BCUT2D eigenvalue weighted by Crippen LogP contribution is 2.23. The Labute approximate surface area is 160 Å². The zero-order valence-electron chi connectivity index (χ0n) is 16.0. The lowest BCUT2D eigenvalue weighted by atomic mass is 10.0. The maximum Gasteiger partial charge on any atom is 0.339 e. The summed E-state index contributed by atoms with van der Waals surface area (Å²) < 4.78 is 10.5. The van der Waals surface area contributed by atoms with E-state index >= 15 is 0 Å². The fourth-order valence-electron chi connectivity index (χ4n) is 3.17. The molecule has 1 N–H and O–H groups in total. The second-order valence-corrected chi connectivity index (χ2v) is 6.61. The lowest BCUT2D eigenvalue weighted by Gasteiger charge is -2.35. The molecule has 0 saturated carbocycles. The number of esters is 1. The molecular weight excluding hydrogens is 342 g/mol. The van der Waals surface area contributed by atoms with Crippen LogP contribution in [-0.2, 0) is 9.47 Å². The van der Waals surface area contributed by atoms with Crippen LogP contribution in [0.5, 0.6) is 0 Å². The number of nitrogens with one attached hydrogen (secondary N) is 1. The molecule has 2 aromatic rings. The first-order valence-corrected chi connectivity index (χ1v) is 9.43. The molecule has 0 aliphatic carbocycles. The quantitative estimate of drug-likeness (QED) is 0.757. The number of morpholine rings is 1. The average Bonchev–Trinajstić information content (AvgIpc) is 2.71. The first-order valence-electron chi connectivity index (χ1n) is 9.43. The van der Waals surface area contributed by atoms with E-state index in [9.17, 15) is 4.79 Å². The molecule has 1 atom stereocenters. The molecule has 27 heavy (non-hydrogen) atoms. The fraction of sp³-hybridized carbons (Fsp3) is 0.429. The summed E-state index contributed by atoms with van der Waals surface area (Å²) in [6, 6.07) is 12.5. The Bertz CT molecular complexity index is 725. The van der Waals surface area contributed by atoms with Gasteiger partial charge in [-0.3, -0.25) is 4.90 Å². The van der Waals surface area contributed by atoms with E-state index in [0.717, 1.165) is 38.7 Å². The summed E-state index contributed by atoms with van der Waals surface area (Å²) >= 11 is 0. The number of hydrogen-bond donors (Lipinski definition) is 1. The number of nitrogens with zero attached hydrogens (tertiary/aromatic N) is 2. The zero-order chi connectivity index (χ0) is 19.1. The van der Waals surface area contributed by atoms with Gasteiger partial charge in [-0.2, -0.15) is 0 Å². The second-order valence-electron chi connectivity index (χ2n) is 6.61. The highest BCUT2D eigenvalue weighted by molar-refractivity contribution is 5.89. The van der Waals surface area contributed by atoms with Gasteiger partial charge in [-0.15, -0.1) is 0 Å². The zero-order valence-corrected chi connectivity index (χ0v) is 16.0. The van der Waals surface area contributed by atoms with E-state index in [1.54, 1.807) is 19.2 Å². The topological polar surface area (TPSA) is 63.7 Å². The number of carbonyl (C=O) groups is 1. The largest absolute Gasteiger partial charge is 0.462 e. The lowest BCUT2D eigenvalue weighted by molar-refractivity contribution is 0.0187. The summed E-state index contributed by atoms with van der Waals surface area (Å²) in [5.41, 5.74) is 2.99. The van der Waals surface area contributed by atoms with E-state index in [2.05, 4.69) is 46.4 Å². The van der Waals surface area contributed by atoms with Gasteiger partial charge in [0, 0.05) is 25.8 Å². The van der Waals surface area contributed by atoms with Crippen molar-refractivity contribution in [2.45, 2.75) is 19.9 Å². The summed E-state index contributed by atoms with van der Waals surface area (Å²) in [5.74, 6) is 0.399. The number of anilines is 1. The van der Waals surface area contributed by atoms with E-state index < -0.39 is 0 Å². The Balaban J connectivity index is 1.68.